The highest BCUT2D eigenvalue weighted by Gasteiger charge is 2.18. The molecule has 0 spiro atoms. The molecule has 0 bridgehead atoms. The third-order valence-corrected chi connectivity index (χ3v) is 2.61. The monoisotopic (exact) mass is 257 g/mol. The van der Waals surface area contributed by atoms with Crippen LogP contribution in [0.3, 0.4) is 0 Å². The summed E-state index contributed by atoms with van der Waals surface area (Å²) in [5.74, 6) is -0.0812. The van der Waals surface area contributed by atoms with Crippen LogP contribution in [0.5, 0.6) is 0 Å². The Kier molecular flexibility index (Phi) is 4.04. The Balaban J connectivity index is 2.32. The summed E-state index contributed by atoms with van der Waals surface area (Å²) in [5.41, 5.74) is 11.8. The fraction of sp³-hybridized carbons (Fsp3) is 0.154. The van der Waals surface area contributed by atoms with E-state index in [-0.39, 0.29) is 6.54 Å². The van der Waals surface area contributed by atoms with Gasteiger partial charge in [0.05, 0.1) is 6.54 Å². The molecule has 1 aromatic carbocycles. The fourth-order valence-corrected chi connectivity index (χ4v) is 1.63. The molecule has 0 aliphatic heterocycles. The van der Waals surface area contributed by atoms with Crippen LogP contribution in [-0.4, -0.2) is 28.5 Å². The number of aromatic nitrogens is 2. The first kappa shape index (κ1) is 13.0. The van der Waals surface area contributed by atoms with Gasteiger partial charge in [0.1, 0.15) is 6.04 Å². The van der Waals surface area contributed by atoms with E-state index in [1.165, 1.54) is 0 Å². The first-order chi connectivity index (χ1) is 9.18. The summed E-state index contributed by atoms with van der Waals surface area (Å²) in [7, 11) is 0. The lowest BCUT2D eigenvalue weighted by Crippen LogP contribution is -2.45. The molecule has 2 rings (SSSR count). The van der Waals surface area contributed by atoms with Crippen LogP contribution in [0.25, 0.3) is 0 Å². The number of primary amides is 1. The molecule has 98 valence electrons. The highest BCUT2D eigenvalue weighted by atomic mass is 16.1. The maximum atomic E-state index is 11.1. The smallest absolute Gasteiger partial charge is 0.236 e. The van der Waals surface area contributed by atoms with E-state index in [0.29, 0.717) is 5.95 Å². The van der Waals surface area contributed by atoms with Gasteiger partial charge >= 0.3 is 0 Å². The molecule has 1 atom stereocenters. The predicted molar refractivity (Wildman–Crippen MR) is 72.6 cm³/mol. The summed E-state index contributed by atoms with van der Waals surface area (Å²) in [6, 6.07) is 10.4. The molecule has 0 aliphatic rings. The zero-order valence-electron chi connectivity index (χ0n) is 10.3. The van der Waals surface area contributed by atoms with Crippen LogP contribution < -0.4 is 16.4 Å². The number of carbonyl (C=O) groups is 1. The lowest BCUT2D eigenvalue weighted by atomic mass is 10.2. The molecule has 0 fully saturated rings. The van der Waals surface area contributed by atoms with Crippen molar-refractivity contribution >= 4 is 17.5 Å². The van der Waals surface area contributed by atoms with Gasteiger partial charge in [-0.3, -0.25) is 4.79 Å². The van der Waals surface area contributed by atoms with Gasteiger partial charge in [-0.15, -0.1) is 0 Å². The first-order valence-electron chi connectivity index (χ1n) is 5.83. The van der Waals surface area contributed by atoms with Crippen LogP contribution >= 0.6 is 0 Å². The number of hydrogen-bond acceptors (Lipinski definition) is 5. The summed E-state index contributed by atoms with van der Waals surface area (Å²) in [6.45, 7) is 0.226. The number of benzene rings is 1. The van der Waals surface area contributed by atoms with E-state index in [1.807, 2.05) is 30.3 Å². The molecule has 6 heteroatoms. The minimum atomic E-state index is -0.788. The van der Waals surface area contributed by atoms with Gasteiger partial charge in [-0.2, -0.15) is 0 Å². The molecule has 4 N–H and O–H groups in total. The van der Waals surface area contributed by atoms with Gasteiger partial charge in [-0.1, -0.05) is 18.2 Å². The fourth-order valence-electron chi connectivity index (χ4n) is 1.63. The molecule has 0 radical (unpaired) electrons. The van der Waals surface area contributed by atoms with E-state index in [1.54, 1.807) is 23.4 Å². The second-order valence-electron chi connectivity index (χ2n) is 4.00. The highest BCUT2D eigenvalue weighted by Crippen LogP contribution is 2.20. The molecule has 1 heterocycles. The van der Waals surface area contributed by atoms with Crippen LogP contribution in [0, 0.1) is 0 Å². The van der Waals surface area contributed by atoms with E-state index in [4.69, 9.17) is 11.5 Å². The zero-order valence-corrected chi connectivity index (χ0v) is 10.3. The van der Waals surface area contributed by atoms with E-state index < -0.39 is 11.9 Å². The summed E-state index contributed by atoms with van der Waals surface area (Å²) >= 11 is 0. The first-order valence-corrected chi connectivity index (χ1v) is 5.83. The van der Waals surface area contributed by atoms with Crippen molar-refractivity contribution in [3.05, 3.63) is 48.8 Å². The lowest BCUT2D eigenvalue weighted by molar-refractivity contribution is -0.119. The predicted octanol–water partition coefficient (Wildman–Crippen LogP) is 0.427. The Morgan fingerprint density at radius 2 is 1.79 bits per heavy atom. The molecular weight excluding hydrogens is 242 g/mol. The number of nitrogens with two attached hydrogens (primary N) is 2. The molecule has 0 saturated carbocycles. The average Bonchev–Trinajstić information content (AvgIpc) is 2.46. The molecule has 2 aromatic rings. The molecule has 1 unspecified atom stereocenters. The van der Waals surface area contributed by atoms with E-state index >= 15 is 0 Å². The zero-order chi connectivity index (χ0) is 13.7. The van der Waals surface area contributed by atoms with Gasteiger partial charge in [0.15, 0.2) is 0 Å². The molecule has 1 amide bonds. The standard InChI is InChI=1S/C13H15N5O/c14-11(12(15)19)9-18(10-5-2-1-3-6-10)13-16-7-4-8-17-13/h1-8,11H,9,14H2,(H2,15,19). The second-order valence-corrected chi connectivity index (χ2v) is 4.00. The van der Waals surface area contributed by atoms with Crippen molar-refractivity contribution in [3.8, 4) is 0 Å². The van der Waals surface area contributed by atoms with Crippen LogP contribution in [-0.2, 0) is 4.79 Å². The van der Waals surface area contributed by atoms with Crippen LogP contribution in [0.15, 0.2) is 48.8 Å². The maximum Gasteiger partial charge on any atom is 0.236 e. The normalized spacial score (nSPS) is 11.8. The Morgan fingerprint density at radius 1 is 1.16 bits per heavy atom. The molecule has 1 aromatic heterocycles. The molecule has 0 saturated heterocycles. The summed E-state index contributed by atoms with van der Waals surface area (Å²) < 4.78 is 0. The Morgan fingerprint density at radius 3 is 2.37 bits per heavy atom. The van der Waals surface area contributed by atoms with Gasteiger partial charge in [0, 0.05) is 18.1 Å². The summed E-state index contributed by atoms with van der Waals surface area (Å²) in [4.78, 5) is 21.2. The number of carbonyl (C=O) groups excluding carboxylic acids is 1. The number of anilines is 2. The van der Waals surface area contributed by atoms with Crippen LogP contribution in [0.4, 0.5) is 11.6 Å². The van der Waals surface area contributed by atoms with Gasteiger partial charge in [0.2, 0.25) is 11.9 Å². The SMILES string of the molecule is NC(=O)C(N)CN(c1ccccc1)c1ncccn1. The van der Waals surface area contributed by atoms with Gasteiger partial charge in [0.25, 0.3) is 0 Å². The average molecular weight is 257 g/mol. The topological polar surface area (TPSA) is 98.1 Å². The number of rotatable bonds is 5. The van der Waals surface area contributed by atoms with E-state index in [9.17, 15) is 4.79 Å². The minimum absolute atomic E-state index is 0.226. The number of para-hydroxylation sites is 1. The quantitative estimate of drug-likeness (QED) is 0.809. The van der Waals surface area contributed by atoms with Gasteiger partial charge in [-0.05, 0) is 18.2 Å². The molecule has 6 nitrogen and oxygen atoms in total. The van der Waals surface area contributed by atoms with Crippen molar-refractivity contribution in [2.75, 3.05) is 11.4 Å². The van der Waals surface area contributed by atoms with Crippen molar-refractivity contribution in [1.82, 2.24) is 9.97 Å². The van der Waals surface area contributed by atoms with Gasteiger partial charge < -0.3 is 16.4 Å². The van der Waals surface area contributed by atoms with E-state index in [2.05, 4.69) is 9.97 Å². The highest BCUT2D eigenvalue weighted by molar-refractivity contribution is 5.80. The van der Waals surface area contributed by atoms with Crippen molar-refractivity contribution < 1.29 is 4.79 Å². The molecule has 0 aliphatic carbocycles. The summed E-state index contributed by atoms with van der Waals surface area (Å²) in [5, 5.41) is 0. The lowest BCUT2D eigenvalue weighted by Gasteiger charge is -2.24. The Hall–Kier alpha value is -2.47. The van der Waals surface area contributed by atoms with Crippen molar-refractivity contribution in [2.45, 2.75) is 6.04 Å². The third-order valence-electron chi connectivity index (χ3n) is 2.61. The third kappa shape index (κ3) is 3.26. The van der Waals surface area contributed by atoms with Crippen molar-refractivity contribution in [3.63, 3.8) is 0 Å². The van der Waals surface area contributed by atoms with Crippen LogP contribution in [0.2, 0.25) is 0 Å². The molecule has 19 heavy (non-hydrogen) atoms. The summed E-state index contributed by atoms with van der Waals surface area (Å²) in [6.07, 6.45) is 3.27. The minimum Gasteiger partial charge on any atom is -0.368 e. The van der Waals surface area contributed by atoms with Crippen molar-refractivity contribution in [2.24, 2.45) is 11.5 Å². The largest absolute Gasteiger partial charge is 0.368 e. The van der Waals surface area contributed by atoms with Crippen LogP contribution in [0.1, 0.15) is 0 Å². The Bertz CT molecular complexity index is 492. The van der Waals surface area contributed by atoms with E-state index in [0.717, 1.165) is 5.69 Å². The second kappa shape index (κ2) is 5.92. The maximum absolute atomic E-state index is 11.1. The Labute approximate surface area is 111 Å². The number of hydrogen-bond donors (Lipinski definition) is 2. The number of nitrogens with zero attached hydrogens (tertiary/aromatic N) is 3. The van der Waals surface area contributed by atoms with Gasteiger partial charge in [-0.25, -0.2) is 9.97 Å². The number of amides is 1. The molecular formula is C13H15N5O. The van der Waals surface area contributed by atoms with Crippen molar-refractivity contribution in [1.29, 1.82) is 0 Å².